The second-order valence-electron chi connectivity index (χ2n) is 8.29. The van der Waals surface area contributed by atoms with Crippen molar-refractivity contribution in [3.63, 3.8) is 0 Å². The Morgan fingerprint density at radius 2 is 2.10 bits per heavy atom. The second-order valence-corrected chi connectivity index (χ2v) is 8.29. The topological polar surface area (TPSA) is 54.6 Å². The minimum atomic E-state index is 0.707. The van der Waals surface area contributed by atoms with E-state index in [-0.39, 0.29) is 0 Å². The van der Waals surface area contributed by atoms with Crippen LogP contribution in [0.15, 0.2) is 47.1 Å². The highest BCUT2D eigenvalue weighted by atomic mass is 16.6. The summed E-state index contributed by atoms with van der Waals surface area (Å²) in [6, 6.07) is 14.6. The van der Waals surface area contributed by atoms with Gasteiger partial charge in [0.2, 0.25) is 0 Å². The number of aromatic nitrogens is 2. The van der Waals surface area contributed by atoms with Gasteiger partial charge in [0.1, 0.15) is 16.8 Å². The van der Waals surface area contributed by atoms with Crippen LogP contribution in [0.3, 0.4) is 0 Å². The van der Waals surface area contributed by atoms with Crippen molar-refractivity contribution in [1.82, 2.24) is 20.1 Å². The van der Waals surface area contributed by atoms with Gasteiger partial charge in [0, 0.05) is 26.2 Å². The zero-order valence-electron chi connectivity index (χ0n) is 18.1. The van der Waals surface area contributed by atoms with Crippen LogP contribution >= 0.6 is 0 Å². The van der Waals surface area contributed by atoms with Crippen LogP contribution in [0.5, 0.6) is 5.75 Å². The molecule has 0 unspecified atom stereocenters. The van der Waals surface area contributed by atoms with Crippen LogP contribution in [0, 0.1) is 5.92 Å². The van der Waals surface area contributed by atoms with Gasteiger partial charge in [-0.15, -0.1) is 0 Å². The molecular formula is C24H32N4O2. The number of rotatable bonds is 9. The standard InChI is InChI=1S/C24H32N4O2/c1-3-27(18-21-9-5-11-23-24(21)26-30-25-23)16-20-8-6-13-28(17-20)14-12-19-7-4-10-22(15-19)29-2/h4-5,7,9-11,15,20H,3,6,8,12-14,16-18H2,1-2H3/t20-/m1/s1. The van der Waals surface area contributed by atoms with E-state index in [4.69, 9.17) is 9.37 Å². The van der Waals surface area contributed by atoms with E-state index in [1.54, 1.807) is 7.11 Å². The van der Waals surface area contributed by atoms with E-state index in [0.29, 0.717) is 5.92 Å². The summed E-state index contributed by atoms with van der Waals surface area (Å²) in [6.07, 6.45) is 3.66. The third kappa shape index (κ3) is 5.18. The van der Waals surface area contributed by atoms with Crippen LogP contribution in [0.25, 0.3) is 11.0 Å². The fourth-order valence-electron chi connectivity index (χ4n) is 4.52. The maximum atomic E-state index is 5.36. The van der Waals surface area contributed by atoms with Crippen molar-refractivity contribution < 1.29 is 9.37 Å². The molecule has 0 N–H and O–H groups in total. The Labute approximate surface area is 178 Å². The first-order valence-corrected chi connectivity index (χ1v) is 11.0. The van der Waals surface area contributed by atoms with E-state index >= 15 is 0 Å². The zero-order chi connectivity index (χ0) is 20.8. The molecule has 2 aromatic carbocycles. The average Bonchev–Trinajstić information content (AvgIpc) is 3.27. The summed E-state index contributed by atoms with van der Waals surface area (Å²) in [5, 5.41) is 8.08. The van der Waals surface area contributed by atoms with Gasteiger partial charge in [0.05, 0.1) is 7.11 Å². The van der Waals surface area contributed by atoms with Crippen LogP contribution in [0.2, 0.25) is 0 Å². The quantitative estimate of drug-likeness (QED) is 0.533. The van der Waals surface area contributed by atoms with Crippen molar-refractivity contribution in [2.75, 3.05) is 39.8 Å². The minimum absolute atomic E-state index is 0.707. The first kappa shape index (κ1) is 20.8. The van der Waals surface area contributed by atoms with Crippen molar-refractivity contribution >= 4 is 11.0 Å². The number of fused-ring (bicyclic) bond motifs is 1. The molecular weight excluding hydrogens is 376 g/mol. The number of hydrogen-bond acceptors (Lipinski definition) is 6. The largest absolute Gasteiger partial charge is 0.497 e. The lowest BCUT2D eigenvalue weighted by Gasteiger charge is -2.35. The smallest absolute Gasteiger partial charge is 0.139 e. The predicted octanol–water partition coefficient (Wildman–Crippen LogP) is 4.01. The molecule has 2 heterocycles. The molecule has 1 atom stereocenters. The van der Waals surface area contributed by atoms with Crippen LogP contribution < -0.4 is 4.74 Å². The van der Waals surface area contributed by atoms with E-state index < -0.39 is 0 Å². The van der Waals surface area contributed by atoms with Gasteiger partial charge in [-0.1, -0.05) is 31.2 Å². The summed E-state index contributed by atoms with van der Waals surface area (Å²) in [5.41, 5.74) is 4.27. The third-order valence-corrected chi connectivity index (χ3v) is 6.18. The van der Waals surface area contributed by atoms with Crippen molar-refractivity contribution in [3.8, 4) is 5.75 Å². The van der Waals surface area contributed by atoms with Gasteiger partial charge < -0.3 is 9.64 Å². The Morgan fingerprint density at radius 1 is 1.20 bits per heavy atom. The number of methoxy groups -OCH3 is 1. The van der Waals surface area contributed by atoms with Crippen LogP contribution in [0.4, 0.5) is 0 Å². The summed E-state index contributed by atoms with van der Waals surface area (Å²) in [5.74, 6) is 1.65. The molecule has 6 heteroatoms. The van der Waals surface area contributed by atoms with Gasteiger partial charge in [0.15, 0.2) is 0 Å². The molecule has 1 saturated heterocycles. The lowest BCUT2D eigenvalue weighted by atomic mass is 9.96. The van der Waals surface area contributed by atoms with Crippen LogP contribution in [-0.2, 0) is 13.0 Å². The highest BCUT2D eigenvalue weighted by molar-refractivity contribution is 5.76. The fourth-order valence-corrected chi connectivity index (χ4v) is 4.52. The molecule has 1 fully saturated rings. The first-order chi connectivity index (χ1) is 14.7. The Morgan fingerprint density at radius 3 is 2.97 bits per heavy atom. The third-order valence-electron chi connectivity index (χ3n) is 6.18. The predicted molar refractivity (Wildman–Crippen MR) is 119 cm³/mol. The normalized spacial score (nSPS) is 17.6. The second kappa shape index (κ2) is 10.0. The molecule has 0 bridgehead atoms. The average molecular weight is 409 g/mol. The summed E-state index contributed by atoms with van der Waals surface area (Å²) in [7, 11) is 1.73. The zero-order valence-corrected chi connectivity index (χ0v) is 18.1. The van der Waals surface area contributed by atoms with Gasteiger partial charge >= 0.3 is 0 Å². The van der Waals surface area contributed by atoms with E-state index in [9.17, 15) is 0 Å². The molecule has 0 amide bonds. The van der Waals surface area contributed by atoms with E-state index in [0.717, 1.165) is 49.4 Å². The molecule has 0 saturated carbocycles. The van der Waals surface area contributed by atoms with E-state index in [1.165, 1.54) is 37.1 Å². The SMILES string of the molecule is CCN(Cc1cccc2nonc12)C[C@H]1CCCN(CCc2cccc(OC)c2)C1. The van der Waals surface area contributed by atoms with Gasteiger partial charge in [0.25, 0.3) is 0 Å². The first-order valence-electron chi connectivity index (χ1n) is 11.0. The van der Waals surface area contributed by atoms with Crippen LogP contribution in [0.1, 0.15) is 30.9 Å². The van der Waals surface area contributed by atoms with Crippen molar-refractivity contribution in [2.24, 2.45) is 5.92 Å². The van der Waals surface area contributed by atoms with Crippen molar-refractivity contribution in [1.29, 1.82) is 0 Å². The molecule has 0 radical (unpaired) electrons. The summed E-state index contributed by atoms with van der Waals surface area (Å²) >= 11 is 0. The Bertz CT molecular complexity index is 942. The number of nitrogens with zero attached hydrogens (tertiary/aromatic N) is 4. The Balaban J connectivity index is 1.31. The molecule has 1 aromatic heterocycles. The Kier molecular flexibility index (Phi) is 6.97. The maximum absolute atomic E-state index is 5.36. The lowest BCUT2D eigenvalue weighted by molar-refractivity contribution is 0.133. The highest BCUT2D eigenvalue weighted by Crippen LogP contribution is 2.22. The van der Waals surface area contributed by atoms with Crippen LogP contribution in [-0.4, -0.2) is 59.9 Å². The lowest BCUT2D eigenvalue weighted by Crippen LogP contribution is -2.41. The van der Waals surface area contributed by atoms with Gasteiger partial charge in [-0.3, -0.25) is 4.90 Å². The molecule has 6 nitrogen and oxygen atoms in total. The number of likely N-dealkylation sites (tertiary alicyclic amines) is 1. The number of piperidine rings is 1. The fraction of sp³-hybridized carbons (Fsp3) is 0.500. The monoisotopic (exact) mass is 408 g/mol. The summed E-state index contributed by atoms with van der Waals surface area (Å²) < 4.78 is 10.3. The molecule has 3 aromatic rings. The van der Waals surface area contributed by atoms with E-state index in [2.05, 4.69) is 51.3 Å². The van der Waals surface area contributed by atoms with Crippen molar-refractivity contribution in [2.45, 2.75) is 32.7 Å². The minimum Gasteiger partial charge on any atom is -0.497 e. The van der Waals surface area contributed by atoms with E-state index in [1.807, 2.05) is 18.2 Å². The molecule has 30 heavy (non-hydrogen) atoms. The molecule has 0 spiro atoms. The number of benzene rings is 2. The summed E-state index contributed by atoms with van der Waals surface area (Å²) in [4.78, 5) is 5.16. The van der Waals surface area contributed by atoms with Gasteiger partial charge in [-0.25, -0.2) is 4.63 Å². The molecule has 4 rings (SSSR count). The van der Waals surface area contributed by atoms with Gasteiger partial charge in [-0.2, -0.15) is 0 Å². The number of ether oxygens (including phenoxy) is 1. The van der Waals surface area contributed by atoms with Gasteiger partial charge in [-0.05, 0) is 77.9 Å². The Hall–Kier alpha value is -2.44. The molecule has 1 aliphatic rings. The maximum Gasteiger partial charge on any atom is 0.139 e. The number of hydrogen-bond donors (Lipinski definition) is 0. The van der Waals surface area contributed by atoms with Crippen molar-refractivity contribution in [3.05, 3.63) is 53.6 Å². The highest BCUT2D eigenvalue weighted by Gasteiger charge is 2.22. The molecule has 0 aliphatic carbocycles. The summed E-state index contributed by atoms with van der Waals surface area (Å²) in [6.45, 7) is 8.77. The molecule has 1 aliphatic heterocycles. The molecule has 160 valence electrons.